The lowest BCUT2D eigenvalue weighted by Crippen LogP contribution is -2.47. The predicted molar refractivity (Wildman–Crippen MR) is 137 cm³/mol. The first-order valence-corrected chi connectivity index (χ1v) is 12.3. The Kier molecular flexibility index (Phi) is 12.4. The fourth-order valence-electron chi connectivity index (χ4n) is 3.61. The number of carbonyl (C=O) groups excluding carboxylic acids is 6. The Hall–Kier alpha value is -4.26. The van der Waals surface area contributed by atoms with Gasteiger partial charge in [0.1, 0.15) is 6.04 Å². The zero-order valence-corrected chi connectivity index (χ0v) is 21.0. The summed E-state index contributed by atoms with van der Waals surface area (Å²) in [4.78, 5) is 72.3. The smallest absolute Gasteiger partial charge is 0.312 e. The number of carbonyl (C=O) groups is 6. The molecule has 1 aromatic rings. The molecular formula is C25H34N6O7. The minimum Gasteiger partial charge on any atom is -0.392 e. The van der Waals surface area contributed by atoms with E-state index in [9.17, 15) is 28.8 Å². The molecular weight excluding hydrogens is 496 g/mol. The lowest BCUT2D eigenvalue weighted by molar-refractivity contribution is -0.137. The SMILES string of the molecule is NC(=O)NCCC[C@H](NC(=O)CNC(=O)CCCCCN1C(=O)C=CC1=O)C(=O)Nc1ccc(CO)cc1. The average Bonchev–Trinajstić information content (AvgIpc) is 3.21. The normalized spacial score (nSPS) is 13.2. The predicted octanol–water partition coefficient (Wildman–Crippen LogP) is -0.348. The van der Waals surface area contributed by atoms with Crippen molar-refractivity contribution in [3.63, 3.8) is 0 Å². The van der Waals surface area contributed by atoms with E-state index in [1.807, 2.05) is 0 Å². The fraction of sp³-hybridized carbons (Fsp3) is 0.440. The van der Waals surface area contributed by atoms with Crippen molar-refractivity contribution >= 4 is 41.3 Å². The van der Waals surface area contributed by atoms with Crippen LogP contribution in [-0.4, -0.2) is 71.2 Å². The number of nitrogens with one attached hydrogen (secondary N) is 4. The lowest BCUT2D eigenvalue weighted by atomic mass is 10.1. The van der Waals surface area contributed by atoms with Crippen molar-refractivity contribution in [2.24, 2.45) is 5.73 Å². The molecule has 206 valence electrons. The van der Waals surface area contributed by atoms with Gasteiger partial charge in [0.15, 0.2) is 0 Å². The molecule has 7 amide bonds. The van der Waals surface area contributed by atoms with E-state index >= 15 is 0 Å². The highest BCUT2D eigenvalue weighted by atomic mass is 16.3. The number of imide groups is 1. The minimum absolute atomic E-state index is 0.135. The van der Waals surface area contributed by atoms with Gasteiger partial charge in [0.25, 0.3) is 11.8 Å². The van der Waals surface area contributed by atoms with Gasteiger partial charge < -0.3 is 32.1 Å². The van der Waals surface area contributed by atoms with Crippen LogP contribution in [0.2, 0.25) is 0 Å². The molecule has 2 rings (SSSR count). The van der Waals surface area contributed by atoms with Crippen LogP contribution in [0.5, 0.6) is 0 Å². The van der Waals surface area contributed by atoms with E-state index in [0.717, 1.165) is 4.90 Å². The largest absolute Gasteiger partial charge is 0.392 e. The summed E-state index contributed by atoms with van der Waals surface area (Å²) in [5.41, 5.74) is 6.20. The molecule has 38 heavy (non-hydrogen) atoms. The Balaban J connectivity index is 1.75. The van der Waals surface area contributed by atoms with E-state index < -0.39 is 23.9 Å². The summed E-state index contributed by atoms with van der Waals surface area (Å²) in [5.74, 6) is -2.06. The van der Waals surface area contributed by atoms with Gasteiger partial charge in [-0.15, -0.1) is 0 Å². The number of hydrogen-bond acceptors (Lipinski definition) is 7. The summed E-state index contributed by atoms with van der Waals surface area (Å²) in [6.07, 6.45) is 4.89. The van der Waals surface area contributed by atoms with Crippen molar-refractivity contribution in [1.29, 1.82) is 0 Å². The summed E-state index contributed by atoms with van der Waals surface area (Å²) in [7, 11) is 0. The summed E-state index contributed by atoms with van der Waals surface area (Å²) in [6, 6.07) is 4.91. The minimum atomic E-state index is -0.933. The number of urea groups is 1. The second-order valence-electron chi connectivity index (χ2n) is 8.65. The van der Waals surface area contributed by atoms with Crippen LogP contribution >= 0.6 is 0 Å². The van der Waals surface area contributed by atoms with E-state index in [4.69, 9.17) is 10.8 Å². The van der Waals surface area contributed by atoms with Gasteiger partial charge in [-0.25, -0.2) is 4.79 Å². The van der Waals surface area contributed by atoms with E-state index in [0.29, 0.717) is 43.5 Å². The number of unbranched alkanes of at least 4 members (excludes halogenated alkanes) is 2. The maximum atomic E-state index is 12.8. The number of rotatable bonds is 16. The van der Waals surface area contributed by atoms with E-state index in [1.54, 1.807) is 24.3 Å². The van der Waals surface area contributed by atoms with Crippen molar-refractivity contribution in [3.8, 4) is 0 Å². The van der Waals surface area contributed by atoms with Crippen molar-refractivity contribution in [2.45, 2.75) is 51.2 Å². The first kappa shape index (κ1) is 30.0. The highest BCUT2D eigenvalue weighted by molar-refractivity contribution is 6.12. The van der Waals surface area contributed by atoms with Crippen LogP contribution in [0.1, 0.15) is 44.1 Å². The third kappa shape index (κ3) is 10.8. The van der Waals surface area contributed by atoms with Gasteiger partial charge in [0, 0.05) is 37.3 Å². The first-order valence-electron chi connectivity index (χ1n) is 12.3. The molecule has 0 saturated heterocycles. The fourth-order valence-corrected chi connectivity index (χ4v) is 3.61. The van der Waals surface area contributed by atoms with Gasteiger partial charge in [-0.1, -0.05) is 18.6 Å². The second-order valence-corrected chi connectivity index (χ2v) is 8.65. The van der Waals surface area contributed by atoms with E-state index in [2.05, 4.69) is 21.3 Å². The van der Waals surface area contributed by atoms with Crippen LogP contribution in [0.4, 0.5) is 10.5 Å². The maximum absolute atomic E-state index is 12.8. The van der Waals surface area contributed by atoms with Crippen molar-refractivity contribution in [1.82, 2.24) is 20.9 Å². The summed E-state index contributed by atoms with van der Waals surface area (Å²) in [6.45, 7) is 0.0474. The molecule has 0 saturated carbocycles. The number of nitrogens with two attached hydrogens (primary N) is 1. The third-order valence-corrected chi connectivity index (χ3v) is 5.66. The number of aliphatic hydroxyl groups is 1. The topological polar surface area (TPSA) is 200 Å². The molecule has 0 fully saturated rings. The van der Waals surface area contributed by atoms with E-state index in [-0.39, 0.29) is 50.3 Å². The van der Waals surface area contributed by atoms with E-state index in [1.165, 1.54) is 12.2 Å². The number of benzene rings is 1. The van der Waals surface area contributed by atoms with Crippen molar-refractivity contribution in [3.05, 3.63) is 42.0 Å². The van der Waals surface area contributed by atoms with Crippen molar-refractivity contribution in [2.75, 3.05) is 25.0 Å². The molecule has 1 aromatic carbocycles. The highest BCUT2D eigenvalue weighted by Crippen LogP contribution is 2.11. The molecule has 0 aromatic heterocycles. The Labute approximate surface area is 220 Å². The number of amides is 7. The van der Waals surface area contributed by atoms with Crippen LogP contribution in [0.3, 0.4) is 0 Å². The first-order chi connectivity index (χ1) is 18.2. The number of hydrogen-bond donors (Lipinski definition) is 6. The van der Waals surface area contributed by atoms with Gasteiger partial charge in [0.2, 0.25) is 17.7 Å². The molecule has 13 heteroatoms. The number of primary amides is 1. The molecule has 1 heterocycles. The molecule has 0 unspecified atom stereocenters. The molecule has 0 bridgehead atoms. The average molecular weight is 531 g/mol. The van der Waals surface area contributed by atoms with Crippen LogP contribution in [0.25, 0.3) is 0 Å². The van der Waals surface area contributed by atoms with Crippen LogP contribution in [0.15, 0.2) is 36.4 Å². The summed E-state index contributed by atoms with van der Waals surface area (Å²) < 4.78 is 0. The molecule has 1 aliphatic heterocycles. The zero-order valence-electron chi connectivity index (χ0n) is 21.0. The molecule has 7 N–H and O–H groups in total. The molecule has 13 nitrogen and oxygen atoms in total. The molecule has 0 aliphatic carbocycles. The summed E-state index contributed by atoms with van der Waals surface area (Å²) >= 11 is 0. The summed E-state index contributed by atoms with van der Waals surface area (Å²) in [5, 5.41) is 19.4. The highest BCUT2D eigenvalue weighted by Gasteiger charge is 2.23. The number of aliphatic hydroxyl groups excluding tert-OH is 1. The van der Waals surface area contributed by atoms with Gasteiger partial charge in [-0.2, -0.15) is 0 Å². The molecule has 0 spiro atoms. The monoisotopic (exact) mass is 530 g/mol. The van der Waals surface area contributed by atoms with Gasteiger partial charge in [-0.05, 0) is 43.4 Å². The Morgan fingerprint density at radius 1 is 0.895 bits per heavy atom. The lowest BCUT2D eigenvalue weighted by Gasteiger charge is -2.19. The molecule has 0 radical (unpaired) electrons. The Morgan fingerprint density at radius 3 is 2.21 bits per heavy atom. The molecule has 1 aliphatic rings. The standard InChI is InChI=1S/C25H34N6O7/c26-25(38)27-13-4-5-19(24(37)29-18-9-7-17(16-32)8-10-18)30-21(34)15-28-20(33)6-2-1-3-14-31-22(35)11-12-23(31)36/h7-12,19,32H,1-6,13-16H2,(H,28,33)(H,29,37)(H,30,34)(H3,26,27,38)/t19-/m0/s1. The van der Waals surface area contributed by atoms with Gasteiger partial charge in [-0.3, -0.25) is 28.9 Å². The number of nitrogens with zero attached hydrogens (tertiary/aromatic N) is 1. The molecule has 1 atom stereocenters. The number of anilines is 1. The van der Waals surface area contributed by atoms with Crippen LogP contribution < -0.4 is 27.0 Å². The third-order valence-electron chi connectivity index (χ3n) is 5.66. The van der Waals surface area contributed by atoms with Gasteiger partial charge >= 0.3 is 6.03 Å². The maximum Gasteiger partial charge on any atom is 0.312 e. The Morgan fingerprint density at radius 2 is 1.58 bits per heavy atom. The van der Waals surface area contributed by atoms with Gasteiger partial charge in [0.05, 0.1) is 13.2 Å². The second kappa shape index (κ2) is 15.8. The quantitative estimate of drug-likeness (QED) is 0.124. The Bertz CT molecular complexity index is 1020. The van der Waals surface area contributed by atoms with Crippen LogP contribution in [0, 0.1) is 0 Å². The van der Waals surface area contributed by atoms with Crippen LogP contribution in [-0.2, 0) is 30.6 Å². The zero-order chi connectivity index (χ0) is 27.9. The van der Waals surface area contributed by atoms with Crippen molar-refractivity contribution < 1.29 is 33.9 Å².